The molecule has 0 radical (unpaired) electrons. The second kappa shape index (κ2) is 7.84. The molecule has 126 valence electrons. The molecule has 0 bridgehead atoms. The van der Waals surface area contributed by atoms with Crippen molar-refractivity contribution < 1.29 is 9.47 Å². The molecule has 0 unspecified atom stereocenters. The van der Waals surface area contributed by atoms with Crippen LogP contribution in [-0.2, 0) is 13.1 Å². The number of ether oxygens (including phenoxy) is 2. The normalized spacial score (nSPS) is 14.5. The van der Waals surface area contributed by atoms with Crippen molar-refractivity contribution in [1.82, 2.24) is 14.7 Å². The van der Waals surface area contributed by atoms with Crippen molar-refractivity contribution in [2.45, 2.75) is 25.9 Å². The molecule has 0 N–H and O–H groups in total. The monoisotopic (exact) mass is 326 g/mol. The van der Waals surface area contributed by atoms with Crippen LogP contribution in [0.4, 0.5) is 0 Å². The number of aromatic nitrogens is 2. The van der Waals surface area contributed by atoms with Gasteiger partial charge >= 0.3 is 0 Å². The molecule has 3 rings (SSSR count). The Morgan fingerprint density at radius 1 is 1.21 bits per heavy atom. The number of methoxy groups -OCH3 is 1. The number of rotatable bonds is 6. The maximum atomic E-state index is 8.97. The first-order valence-corrected chi connectivity index (χ1v) is 8.24. The van der Waals surface area contributed by atoms with E-state index in [0.29, 0.717) is 12.3 Å². The first-order chi connectivity index (χ1) is 11.8. The van der Waals surface area contributed by atoms with Gasteiger partial charge in [0.05, 0.1) is 19.4 Å². The first-order valence-electron chi connectivity index (χ1n) is 8.24. The molecule has 0 fully saturated rings. The summed E-state index contributed by atoms with van der Waals surface area (Å²) >= 11 is 0. The largest absolute Gasteiger partial charge is 0.497 e. The standard InChI is InChI=1S/C18H22N4O2/c1-23-17-4-6-18(7-5-17)24-11-3-9-21-8-2-10-22-16(14-21)12-15(13-19)20-22/h4-7,12H,2-3,8-11,14H2,1H3. The van der Waals surface area contributed by atoms with Crippen LogP contribution in [0.3, 0.4) is 0 Å². The molecule has 6 nitrogen and oxygen atoms in total. The number of fused-ring (bicyclic) bond motifs is 1. The highest BCUT2D eigenvalue weighted by Gasteiger charge is 2.16. The quantitative estimate of drug-likeness (QED) is 0.763. The van der Waals surface area contributed by atoms with Crippen molar-refractivity contribution in [3.63, 3.8) is 0 Å². The fourth-order valence-electron chi connectivity index (χ4n) is 2.92. The fraction of sp³-hybridized carbons (Fsp3) is 0.444. The second-order valence-electron chi connectivity index (χ2n) is 5.86. The van der Waals surface area contributed by atoms with E-state index < -0.39 is 0 Å². The number of hydrogen-bond acceptors (Lipinski definition) is 5. The molecular formula is C18H22N4O2. The Hall–Kier alpha value is -2.52. The Morgan fingerprint density at radius 3 is 2.75 bits per heavy atom. The molecule has 1 aliphatic heterocycles. The zero-order chi connectivity index (χ0) is 16.8. The highest BCUT2D eigenvalue weighted by Crippen LogP contribution is 2.17. The smallest absolute Gasteiger partial charge is 0.162 e. The zero-order valence-electron chi connectivity index (χ0n) is 13.9. The van der Waals surface area contributed by atoms with Gasteiger partial charge in [0.2, 0.25) is 0 Å². The van der Waals surface area contributed by atoms with E-state index in [2.05, 4.69) is 16.1 Å². The maximum absolute atomic E-state index is 8.97. The number of hydrogen-bond donors (Lipinski definition) is 0. The maximum Gasteiger partial charge on any atom is 0.162 e. The van der Waals surface area contributed by atoms with Crippen molar-refractivity contribution in [2.24, 2.45) is 0 Å². The molecular weight excluding hydrogens is 304 g/mol. The topological polar surface area (TPSA) is 63.3 Å². The predicted octanol–water partition coefficient (Wildman–Crippen LogP) is 2.44. The van der Waals surface area contributed by atoms with Gasteiger partial charge in [0, 0.05) is 26.2 Å². The minimum absolute atomic E-state index is 0.509. The van der Waals surface area contributed by atoms with E-state index in [1.54, 1.807) is 7.11 Å². The minimum Gasteiger partial charge on any atom is -0.497 e. The molecule has 2 aromatic rings. The minimum atomic E-state index is 0.509. The Labute approximate surface area is 142 Å². The average molecular weight is 326 g/mol. The lowest BCUT2D eigenvalue weighted by Crippen LogP contribution is -2.25. The molecule has 0 spiro atoms. The van der Waals surface area contributed by atoms with Crippen molar-refractivity contribution in [3.8, 4) is 17.6 Å². The van der Waals surface area contributed by atoms with Crippen molar-refractivity contribution >= 4 is 0 Å². The number of benzene rings is 1. The van der Waals surface area contributed by atoms with Gasteiger partial charge in [0.15, 0.2) is 5.69 Å². The first kappa shape index (κ1) is 16.3. The molecule has 0 aliphatic carbocycles. The van der Waals surface area contributed by atoms with Gasteiger partial charge in [-0.25, -0.2) is 0 Å². The summed E-state index contributed by atoms with van der Waals surface area (Å²) in [5.41, 5.74) is 1.63. The summed E-state index contributed by atoms with van der Waals surface area (Å²) in [6.07, 6.45) is 2.02. The zero-order valence-corrected chi connectivity index (χ0v) is 13.9. The van der Waals surface area contributed by atoms with Gasteiger partial charge in [-0.1, -0.05) is 0 Å². The van der Waals surface area contributed by atoms with E-state index >= 15 is 0 Å². The summed E-state index contributed by atoms with van der Waals surface area (Å²) in [5, 5.41) is 13.3. The molecule has 0 saturated carbocycles. The van der Waals surface area contributed by atoms with Gasteiger partial charge in [-0.3, -0.25) is 9.58 Å². The molecule has 1 aromatic heterocycles. The van der Waals surface area contributed by atoms with Crippen LogP contribution < -0.4 is 9.47 Å². The van der Waals surface area contributed by atoms with E-state index in [1.165, 1.54) is 0 Å². The van der Waals surface area contributed by atoms with E-state index in [0.717, 1.165) is 56.2 Å². The number of aryl methyl sites for hydroxylation is 1. The summed E-state index contributed by atoms with van der Waals surface area (Å²) < 4.78 is 12.9. The van der Waals surface area contributed by atoms with Gasteiger partial charge in [0.1, 0.15) is 17.6 Å². The summed E-state index contributed by atoms with van der Waals surface area (Å²) in [5.74, 6) is 1.70. The van der Waals surface area contributed by atoms with Crippen LogP contribution in [0.2, 0.25) is 0 Å². The van der Waals surface area contributed by atoms with Gasteiger partial charge < -0.3 is 9.47 Å². The van der Waals surface area contributed by atoms with Crippen LogP contribution in [-0.4, -0.2) is 41.5 Å². The Morgan fingerprint density at radius 2 is 2.00 bits per heavy atom. The third-order valence-corrected chi connectivity index (χ3v) is 4.15. The molecule has 0 atom stereocenters. The Kier molecular flexibility index (Phi) is 5.34. The van der Waals surface area contributed by atoms with Crippen LogP contribution in [0.15, 0.2) is 30.3 Å². The van der Waals surface area contributed by atoms with Crippen LogP contribution in [0.25, 0.3) is 0 Å². The molecule has 24 heavy (non-hydrogen) atoms. The summed E-state index contributed by atoms with van der Waals surface area (Å²) in [6, 6.07) is 11.7. The lowest BCUT2D eigenvalue weighted by atomic mass is 10.3. The third kappa shape index (κ3) is 4.06. The predicted molar refractivity (Wildman–Crippen MR) is 89.9 cm³/mol. The van der Waals surface area contributed by atoms with Crippen molar-refractivity contribution in [3.05, 3.63) is 41.7 Å². The summed E-state index contributed by atoms with van der Waals surface area (Å²) in [4.78, 5) is 2.40. The summed E-state index contributed by atoms with van der Waals surface area (Å²) in [6.45, 7) is 4.44. The molecule has 2 heterocycles. The summed E-state index contributed by atoms with van der Waals surface area (Å²) in [7, 11) is 1.66. The molecule has 6 heteroatoms. The van der Waals surface area contributed by atoms with Gasteiger partial charge in [-0.05, 0) is 43.2 Å². The van der Waals surface area contributed by atoms with Crippen LogP contribution in [0.1, 0.15) is 24.2 Å². The lowest BCUT2D eigenvalue weighted by molar-refractivity contribution is 0.230. The van der Waals surface area contributed by atoms with E-state index in [-0.39, 0.29) is 0 Å². The van der Waals surface area contributed by atoms with Crippen molar-refractivity contribution in [2.75, 3.05) is 26.8 Å². The SMILES string of the molecule is COc1ccc(OCCCN2CCCn3nc(C#N)cc3C2)cc1. The highest BCUT2D eigenvalue weighted by molar-refractivity contribution is 5.31. The van der Waals surface area contributed by atoms with Gasteiger partial charge in [0.25, 0.3) is 0 Å². The van der Waals surface area contributed by atoms with Crippen molar-refractivity contribution in [1.29, 1.82) is 5.26 Å². The average Bonchev–Trinajstić information content (AvgIpc) is 2.91. The molecule has 1 aromatic carbocycles. The molecule has 0 saturated heterocycles. The van der Waals surface area contributed by atoms with Crippen LogP contribution in [0, 0.1) is 11.3 Å². The molecule has 1 aliphatic rings. The number of nitrogens with zero attached hydrogens (tertiary/aromatic N) is 4. The third-order valence-electron chi connectivity index (χ3n) is 4.15. The van der Waals surface area contributed by atoms with Crippen LogP contribution >= 0.6 is 0 Å². The fourth-order valence-corrected chi connectivity index (χ4v) is 2.92. The van der Waals surface area contributed by atoms with Crippen LogP contribution in [0.5, 0.6) is 11.5 Å². The van der Waals surface area contributed by atoms with Gasteiger partial charge in [-0.2, -0.15) is 10.4 Å². The lowest BCUT2D eigenvalue weighted by Gasteiger charge is -2.19. The Bertz CT molecular complexity index is 703. The Balaban J connectivity index is 1.45. The number of nitriles is 1. The van der Waals surface area contributed by atoms with Gasteiger partial charge in [-0.15, -0.1) is 0 Å². The highest BCUT2D eigenvalue weighted by atomic mass is 16.5. The van der Waals surface area contributed by atoms with E-state index in [1.807, 2.05) is 35.0 Å². The molecule has 0 amide bonds. The second-order valence-corrected chi connectivity index (χ2v) is 5.86. The van der Waals surface area contributed by atoms with E-state index in [4.69, 9.17) is 14.7 Å². The van der Waals surface area contributed by atoms with E-state index in [9.17, 15) is 0 Å².